The molecule has 0 radical (unpaired) electrons. The van der Waals surface area contributed by atoms with E-state index in [2.05, 4.69) is 25.3 Å². The van der Waals surface area contributed by atoms with Crippen molar-refractivity contribution in [2.45, 2.75) is 31.7 Å². The van der Waals surface area contributed by atoms with Crippen molar-refractivity contribution in [1.29, 1.82) is 0 Å². The van der Waals surface area contributed by atoms with Crippen molar-refractivity contribution in [3.05, 3.63) is 30.3 Å². The number of aromatic nitrogens is 5. The van der Waals surface area contributed by atoms with E-state index in [-0.39, 0.29) is 35.5 Å². The number of hydrogen-bond donors (Lipinski definition) is 2. The highest BCUT2D eigenvalue weighted by Crippen LogP contribution is 2.35. The standard InChI is InChI=1S/C20H20FN7O2S/c1-30-19-25-16(22)15-17(26-19)28(9-23-15)12-5-2-10(3-6-12)18(29)27-20-24-13-7-4-11(21)8-14(13)31-20/h4,7-10,12H,2-3,5-6H2,1H3,(H2,22,25,26)(H,24,27,29)/t10-,12+. The lowest BCUT2D eigenvalue weighted by Gasteiger charge is -2.28. The highest BCUT2D eigenvalue weighted by atomic mass is 32.1. The van der Waals surface area contributed by atoms with Crippen molar-refractivity contribution in [1.82, 2.24) is 24.5 Å². The Bertz CT molecular complexity index is 1280. The molecule has 5 rings (SSSR count). The van der Waals surface area contributed by atoms with Crippen LogP contribution in [0, 0.1) is 11.7 Å². The molecule has 0 bridgehead atoms. The lowest BCUT2D eigenvalue weighted by atomic mass is 9.85. The molecule has 31 heavy (non-hydrogen) atoms. The van der Waals surface area contributed by atoms with E-state index < -0.39 is 0 Å². The maximum Gasteiger partial charge on any atom is 0.320 e. The number of rotatable bonds is 4. The zero-order chi connectivity index (χ0) is 21.5. The Labute approximate surface area is 180 Å². The van der Waals surface area contributed by atoms with E-state index in [1.54, 1.807) is 12.4 Å². The van der Waals surface area contributed by atoms with E-state index in [1.807, 2.05) is 4.57 Å². The monoisotopic (exact) mass is 441 g/mol. The summed E-state index contributed by atoms with van der Waals surface area (Å²) in [6.07, 6.45) is 4.79. The first-order valence-corrected chi connectivity index (χ1v) is 10.7. The van der Waals surface area contributed by atoms with Crippen molar-refractivity contribution in [2.24, 2.45) is 5.92 Å². The number of nitrogen functional groups attached to an aromatic ring is 1. The van der Waals surface area contributed by atoms with Gasteiger partial charge in [0, 0.05) is 12.0 Å². The van der Waals surface area contributed by atoms with E-state index in [9.17, 15) is 9.18 Å². The van der Waals surface area contributed by atoms with Crippen LogP contribution < -0.4 is 15.8 Å². The van der Waals surface area contributed by atoms with Gasteiger partial charge in [0.25, 0.3) is 0 Å². The molecule has 3 heterocycles. The molecule has 0 spiro atoms. The Balaban J connectivity index is 1.27. The van der Waals surface area contributed by atoms with Crippen LogP contribution in [0.15, 0.2) is 24.5 Å². The van der Waals surface area contributed by atoms with Crippen LogP contribution in [-0.4, -0.2) is 37.5 Å². The van der Waals surface area contributed by atoms with Crippen molar-refractivity contribution in [2.75, 3.05) is 18.2 Å². The number of carbonyl (C=O) groups excluding carboxylic acids is 1. The van der Waals surface area contributed by atoms with Crippen LogP contribution in [-0.2, 0) is 4.79 Å². The fourth-order valence-electron chi connectivity index (χ4n) is 4.05. The molecule has 1 saturated carbocycles. The van der Waals surface area contributed by atoms with Gasteiger partial charge >= 0.3 is 6.01 Å². The predicted molar refractivity (Wildman–Crippen MR) is 115 cm³/mol. The second kappa shape index (κ2) is 7.73. The summed E-state index contributed by atoms with van der Waals surface area (Å²) in [4.78, 5) is 29.9. The van der Waals surface area contributed by atoms with Gasteiger partial charge in [-0.1, -0.05) is 11.3 Å². The molecule has 1 aliphatic rings. The highest BCUT2D eigenvalue weighted by molar-refractivity contribution is 7.22. The molecule has 9 nitrogen and oxygen atoms in total. The van der Waals surface area contributed by atoms with Crippen molar-refractivity contribution >= 4 is 49.6 Å². The minimum Gasteiger partial charge on any atom is -0.467 e. The molecule has 11 heteroatoms. The van der Waals surface area contributed by atoms with Gasteiger partial charge in [0.15, 0.2) is 22.1 Å². The minimum absolute atomic E-state index is 0.0540. The summed E-state index contributed by atoms with van der Waals surface area (Å²) in [5.41, 5.74) is 7.82. The summed E-state index contributed by atoms with van der Waals surface area (Å²) in [6.45, 7) is 0. The second-order valence-corrected chi connectivity index (χ2v) is 8.58. The van der Waals surface area contributed by atoms with Gasteiger partial charge in [-0.3, -0.25) is 4.79 Å². The fraction of sp³-hybridized carbons (Fsp3) is 0.350. The first-order chi connectivity index (χ1) is 15.0. The van der Waals surface area contributed by atoms with Crippen LogP contribution in [0.2, 0.25) is 0 Å². The van der Waals surface area contributed by atoms with Gasteiger partial charge < -0.3 is 20.4 Å². The lowest BCUT2D eigenvalue weighted by Crippen LogP contribution is -2.28. The number of thiazole rings is 1. The third kappa shape index (κ3) is 3.65. The Morgan fingerprint density at radius 1 is 1.26 bits per heavy atom. The summed E-state index contributed by atoms with van der Waals surface area (Å²) >= 11 is 1.28. The molecule has 4 aromatic rings. The van der Waals surface area contributed by atoms with Gasteiger partial charge in [0.1, 0.15) is 5.82 Å². The van der Waals surface area contributed by atoms with Crippen molar-refractivity contribution < 1.29 is 13.9 Å². The Morgan fingerprint density at radius 2 is 2.06 bits per heavy atom. The maximum atomic E-state index is 13.4. The highest BCUT2D eigenvalue weighted by Gasteiger charge is 2.29. The summed E-state index contributed by atoms with van der Waals surface area (Å²) in [7, 11) is 1.49. The number of anilines is 2. The number of nitrogens with zero attached hydrogens (tertiary/aromatic N) is 5. The molecule has 0 saturated heterocycles. The van der Waals surface area contributed by atoms with Crippen LogP contribution >= 0.6 is 11.3 Å². The van der Waals surface area contributed by atoms with Crippen LogP contribution in [0.5, 0.6) is 6.01 Å². The maximum absolute atomic E-state index is 13.4. The zero-order valence-electron chi connectivity index (χ0n) is 16.7. The number of halogens is 1. The largest absolute Gasteiger partial charge is 0.467 e. The van der Waals surface area contributed by atoms with Crippen LogP contribution in [0.3, 0.4) is 0 Å². The normalized spacial score (nSPS) is 19.0. The molecule has 0 unspecified atom stereocenters. The zero-order valence-corrected chi connectivity index (χ0v) is 17.5. The first-order valence-electron chi connectivity index (χ1n) is 9.93. The Kier molecular flexibility index (Phi) is 4.89. The summed E-state index contributed by atoms with van der Waals surface area (Å²) in [5, 5.41) is 3.39. The van der Waals surface area contributed by atoms with E-state index in [1.165, 1.54) is 30.6 Å². The van der Waals surface area contributed by atoms with Gasteiger partial charge in [-0.2, -0.15) is 9.97 Å². The van der Waals surface area contributed by atoms with Gasteiger partial charge in [-0.15, -0.1) is 0 Å². The number of carbonyl (C=O) groups is 1. The molecule has 1 amide bonds. The summed E-state index contributed by atoms with van der Waals surface area (Å²) < 4.78 is 21.2. The number of hydrogen-bond acceptors (Lipinski definition) is 8. The van der Waals surface area contributed by atoms with E-state index in [0.717, 1.165) is 25.7 Å². The van der Waals surface area contributed by atoms with Crippen LogP contribution in [0.4, 0.5) is 15.3 Å². The lowest BCUT2D eigenvalue weighted by molar-refractivity contribution is -0.120. The topological polar surface area (TPSA) is 121 Å². The smallest absolute Gasteiger partial charge is 0.320 e. The van der Waals surface area contributed by atoms with Gasteiger partial charge in [0.05, 0.1) is 23.7 Å². The Morgan fingerprint density at radius 3 is 2.84 bits per heavy atom. The molecule has 160 valence electrons. The molecule has 0 atom stereocenters. The predicted octanol–water partition coefficient (Wildman–Crippen LogP) is 3.54. The fourth-order valence-corrected chi connectivity index (χ4v) is 4.95. The molecule has 1 aromatic carbocycles. The number of methoxy groups -OCH3 is 1. The quantitative estimate of drug-likeness (QED) is 0.497. The number of ether oxygens (including phenoxy) is 1. The van der Waals surface area contributed by atoms with Crippen molar-refractivity contribution in [3.8, 4) is 6.01 Å². The average molecular weight is 441 g/mol. The number of benzene rings is 1. The number of imidazole rings is 1. The molecule has 3 N–H and O–H groups in total. The third-order valence-corrected chi connectivity index (χ3v) is 6.59. The van der Waals surface area contributed by atoms with Gasteiger partial charge in [-0.25, -0.2) is 14.4 Å². The molecule has 1 aliphatic carbocycles. The second-order valence-electron chi connectivity index (χ2n) is 7.55. The minimum atomic E-state index is -0.316. The average Bonchev–Trinajstić information content (AvgIpc) is 3.37. The van der Waals surface area contributed by atoms with Gasteiger partial charge in [0.2, 0.25) is 5.91 Å². The SMILES string of the molecule is COc1nc(N)c2ncn([C@H]3CC[C@@H](C(=O)Nc4nc5ccc(F)cc5s4)CC3)c2n1. The van der Waals surface area contributed by atoms with E-state index in [0.29, 0.717) is 26.5 Å². The summed E-state index contributed by atoms with van der Waals surface area (Å²) in [6, 6.07) is 4.77. The molecular formula is C20H20FN7O2S. The number of amides is 1. The number of fused-ring (bicyclic) bond motifs is 2. The van der Waals surface area contributed by atoms with Crippen LogP contribution in [0.1, 0.15) is 31.7 Å². The molecular weight excluding hydrogens is 421 g/mol. The first kappa shape index (κ1) is 19.6. The molecule has 1 fully saturated rings. The molecule has 0 aliphatic heterocycles. The van der Waals surface area contributed by atoms with E-state index >= 15 is 0 Å². The number of nitrogens with two attached hydrogens (primary N) is 1. The Hall–Kier alpha value is -3.34. The van der Waals surface area contributed by atoms with Crippen LogP contribution in [0.25, 0.3) is 21.4 Å². The van der Waals surface area contributed by atoms with Gasteiger partial charge in [-0.05, 0) is 43.9 Å². The number of nitrogens with one attached hydrogen (secondary N) is 1. The third-order valence-electron chi connectivity index (χ3n) is 5.65. The summed E-state index contributed by atoms with van der Waals surface area (Å²) in [5.74, 6) is -0.195. The van der Waals surface area contributed by atoms with Crippen molar-refractivity contribution in [3.63, 3.8) is 0 Å². The molecule has 3 aromatic heterocycles. The van der Waals surface area contributed by atoms with E-state index in [4.69, 9.17) is 10.5 Å².